The van der Waals surface area contributed by atoms with Crippen LogP contribution in [-0.2, 0) is 14.6 Å². The summed E-state index contributed by atoms with van der Waals surface area (Å²) in [4.78, 5) is 13.4. The molecule has 2 saturated heterocycles. The number of hydrogen-bond donors (Lipinski definition) is 1. The highest BCUT2D eigenvalue weighted by atomic mass is 32.2. The fourth-order valence-electron chi connectivity index (χ4n) is 2.38. The van der Waals surface area contributed by atoms with Gasteiger partial charge in [0.25, 0.3) is 0 Å². The maximum atomic E-state index is 11.9. The van der Waals surface area contributed by atoms with Crippen molar-refractivity contribution in [1.82, 2.24) is 10.2 Å². The lowest BCUT2D eigenvalue weighted by molar-refractivity contribution is 0.108. The van der Waals surface area contributed by atoms with E-state index in [4.69, 9.17) is 4.74 Å². The van der Waals surface area contributed by atoms with Crippen LogP contribution in [0.3, 0.4) is 0 Å². The lowest BCUT2D eigenvalue weighted by Crippen LogP contribution is -2.46. The second-order valence-electron chi connectivity index (χ2n) is 4.99. The molecule has 2 atom stereocenters. The first kappa shape index (κ1) is 13.6. The Bertz CT molecular complexity index is 403. The number of urea groups is 1. The van der Waals surface area contributed by atoms with Crippen LogP contribution >= 0.6 is 0 Å². The predicted molar refractivity (Wildman–Crippen MR) is 67.2 cm³/mol. The molecule has 104 valence electrons. The van der Waals surface area contributed by atoms with Crippen LogP contribution in [-0.4, -0.2) is 63.2 Å². The molecule has 0 radical (unpaired) electrons. The lowest BCUT2D eigenvalue weighted by Gasteiger charge is -2.24. The van der Waals surface area contributed by atoms with Crippen molar-refractivity contribution in [3.05, 3.63) is 0 Å². The molecule has 6 nitrogen and oxygen atoms in total. The number of rotatable bonds is 3. The Morgan fingerprint density at radius 1 is 1.44 bits per heavy atom. The van der Waals surface area contributed by atoms with Crippen molar-refractivity contribution >= 4 is 15.9 Å². The first-order valence-electron chi connectivity index (χ1n) is 6.30. The van der Waals surface area contributed by atoms with Gasteiger partial charge in [0.15, 0.2) is 9.84 Å². The average molecular weight is 276 g/mol. The first-order chi connectivity index (χ1) is 8.48. The molecular weight excluding hydrogens is 256 g/mol. The number of sulfone groups is 1. The van der Waals surface area contributed by atoms with Gasteiger partial charge in [0.2, 0.25) is 0 Å². The zero-order valence-corrected chi connectivity index (χ0v) is 11.4. The van der Waals surface area contributed by atoms with Crippen molar-refractivity contribution in [3.63, 3.8) is 0 Å². The molecule has 2 aliphatic heterocycles. The van der Waals surface area contributed by atoms with E-state index in [0.717, 1.165) is 19.4 Å². The van der Waals surface area contributed by atoms with E-state index in [9.17, 15) is 13.2 Å². The lowest BCUT2D eigenvalue weighted by atomic mass is 10.2. The second-order valence-corrected chi connectivity index (χ2v) is 7.22. The molecule has 18 heavy (non-hydrogen) atoms. The third kappa shape index (κ3) is 3.35. The van der Waals surface area contributed by atoms with Gasteiger partial charge in [-0.05, 0) is 19.3 Å². The second kappa shape index (κ2) is 5.44. The molecule has 2 fully saturated rings. The van der Waals surface area contributed by atoms with Crippen LogP contribution in [0.4, 0.5) is 4.79 Å². The van der Waals surface area contributed by atoms with Gasteiger partial charge in [-0.15, -0.1) is 0 Å². The van der Waals surface area contributed by atoms with Gasteiger partial charge in [-0.1, -0.05) is 0 Å². The topological polar surface area (TPSA) is 75.7 Å². The van der Waals surface area contributed by atoms with E-state index in [1.54, 1.807) is 7.05 Å². The maximum Gasteiger partial charge on any atom is 0.317 e. The highest BCUT2D eigenvalue weighted by Crippen LogP contribution is 2.16. The minimum atomic E-state index is -2.95. The monoisotopic (exact) mass is 276 g/mol. The van der Waals surface area contributed by atoms with Gasteiger partial charge in [0.1, 0.15) is 0 Å². The van der Waals surface area contributed by atoms with Crippen molar-refractivity contribution in [2.75, 3.05) is 31.7 Å². The summed E-state index contributed by atoms with van der Waals surface area (Å²) in [5.41, 5.74) is 0. The Labute approximate surface area is 108 Å². The molecule has 2 aliphatic rings. The average Bonchev–Trinajstić information content (AvgIpc) is 2.94. The predicted octanol–water partition coefficient (Wildman–Crippen LogP) is -0.00610. The SMILES string of the molecule is CN(C(=O)NCC1CCCO1)C1CCS(=O)(=O)C1. The van der Waals surface area contributed by atoms with E-state index in [1.165, 1.54) is 4.90 Å². The Morgan fingerprint density at radius 3 is 2.78 bits per heavy atom. The molecule has 7 heteroatoms. The van der Waals surface area contributed by atoms with Gasteiger partial charge in [-0.25, -0.2) is 13.2 Å². The highest BCUT2D eigenvalue weighted by molar-refractivity contribution is 7.91. The van der Waals surface area contributed by atoms with E-state index in [-0.39, 0.29) is 29.7 Å². The smallest absolute Gasteiger partial charge is 0.317 e. The Hall–Kier alpha value is -0.820. The molecule has 2 heterocycles. The molecule has 0 aromatic carbocycles. The Morgan fingerprint density at radius 2 is 2.22 bits per heavy atom. The zero-order valence-electron chi connectivity index (χ0n) is 10.6. The summed E-state index contributed by atoms with van der Waals surface area (Å²) in [7, 11) is -1.30. The van der Waals surface area contributed by atoms with Crippen LogP contribution in [0.15, 0.2) is 0 Å². The van der Waals surface area contributed by atoms with Crippen LogP contribution in [0, 0.1) is 0 Å². The van der Waals surface area contributed by atoms with E-state index in [0.29, 0.717) is 13.0 Å². The van der Waals surface area contributed by atoms with Gasteiger partial charge >= 0.3 is 6.03 Å². The van der Waals surface area contributed by atoms with Crippen molar-refractivity contribution in [1.29, 1.82) is 0 Å². The van der Waals surface area contributed by atoms with Crippen LogP contribution in [0.1, 0.15) is 19.3 Å². The van der Waals surface area contributed by atoms with E-state index >= 15 is 0 Å². The van der Waals surface area contributed by atoms with Gasteiger partial charge in [-0.3, -0.25) is 0 Å². The molecule has 1 N–H and O–H groups in total. The number of carbonyl (C=O) groups excluding carboxylic acids is 1. The van der Waals surface area contributed by atoms with Gasteiger partial charge in [0, 0.05) is 26.2 Å². The summed E-state index contributed by atoms with van der Waals surface area (Å²) in [5, 5.41) is 2.80. The molecule has 0 aromatic heterocycles. The van der Waals surface area contributed by atoms with Gasteiger partial charge in [0.05, 0.1) is 17.6 Å². The molecule has 2 amide bonds. The van der Waals surface area contributed by atoms with Crippen molar-refractivity contribution in [2.45, 2.75) is 31.4 Å². The summed E-state index contributed by atoms with van der Waals surface area (Å²) in [6.45, 7) is 1.26. The minimum Gasteiger partial charge on any atom is -0.376 e. The number of nitrogens with one attached hydrogen (secondary N) is 1. The summed E-state index contributed by atoms with van der Waals surface area (Å²) >= 11 is 0. The molecular formula is C11H20N2O4S. The van der Waals surface area contributed by atoms with Gasteiger partial charge in [-0.2, -0.15) is 0 Å². The van der Waals surface area contributed by atoms with E-state index in [2.05, 4.69) is 5.32 Å². The number of carbonyl (C=O) groups is 1. The number of nitrogens with zero attached hydrogens (tertiary/aromatic N) is 1. The summed E-state index contributed by atoms with van der Waals surface area (Å²) < 4.78 is 28.1. The summed E-state index contributed by atoms with van der Waals surface area (Å²) in [6, 6.07) is -0.410. The molecule has 0 saturated carbocycles. The third-order valence-corrected chi connectivity index (χ3v) is 5.33. The number of ether oxygens (including phenoxy) is 1. The largest absolute Gasteiger partial charge is 0.376 e. The number of amides is 2. The highest BCUT2D eigenvalue weighted by Gasteiger charge is 2.32. The van der Waals surface area contributed by atoms with Crippen LogP contribution in [0.5, 0.6) is 0 Å². The Kier molecular flexibility index (Phi) is 4.11. The Balaban J connectivity index is 1.78. The van der Waals surface area contributed by atoms with Crippen LogP contribution in [0.25, 0.3) is 0 Å². The van der Waals surface area contributed by atoms with Gasteiger partial charge < -0.3 is 15.0 Å². The molecule has 0 aromatic rings. The summed E-state index contributed by atoms with van der Waals surface area (Å²) in [6.07, 6.45) is 2.65. The zero-order chi connectivity index (χ0) is 13.2. The standard InChI is InChI=1S/C11H20N2O4S/c1-13(9-4-6-18(15,16)8-9)11(14)12-7-10-3-2-5-17-10/h9-10H,2-8H2,1H3,(H,12,14). The normalized spacial score (nSPS) is 30.3. The third-order valence-electron chi connectivity index (χ3n) is 3.58. The maximum absolute atomic E-state index is 11.9. The molecule has 0 aliphatic carbocycles. The molecule has 2 unspecified atom stereocenters. The van der Waals surface area contributed by atoms with Crippen molar-refractivity contribution < 1.29 is 17.9 Å². The van der Waals surface area contributed by atoms with E-state index < -0.39 is 9.84 Å². The fourth-order valence-corrected chi connectivity index (χ4v) is 4.15. The quantitative estimate of drug-likeness (QED) is 0.787. The van der Waals surface area contributed by atoms with Crippen molar-refractivity contribution in [3.8, 4) is 0 Å². The fraction of sp³-hybridized carbons (Fsp3) is 0.909. The van der Waals surface area contributed by atoms with E-state index in [1.807, 2.05) is 0 Å². The van der Waals surface area contributed by atoms with Crippen LogP contribution < -0.4 is 5.32 Å². The molecule has 2 rings (SSSR count). The number of hydrogen-bond acceptors (Lipinski definition) is 4. The minimum absolute atomic E-state index is 0.0802. The van der Waals surface area contributed by atoms with Crippen LogP contribution in [0.2, 0.25) is 0 Å². The first-order valence-corrected chi connectivity index (χ1v) is 8.13. The molecule has 0 spiro atoms. The molecule has 0 bridgehead atoms. The van der Waals surface area contributed by atoms with Crippen molar-refractivity contribution in [2.24, 2.45) is 0 Å². The summed E-state index contributed by atoms with van der Waals surface area (Å²) in [5.74, 6) is 0.262.